The van der Waals surface area contributed by atoms with E-state index < -0.39 is 42.0 Å². The molecule has 1 saturated heterocycles. The molecule has 0 atom stereocenters. The Morgan fingerprint density at radius 3 is 2.04 bits per heavy atom. The maximum atomic E-state index is 11.1. The SMILES string of the molecule is COc1cc(CN2CCC(O)(c3ccc(C)cc3)CC2)ccc1OCc1c(C)noc1C.O=C(O)CC(O)(CC(=O)O)C(=O)O. The molecule has 3 aromatic rings. The molecule has 0 saturated carbocycles. The normalized spacial score (nSPS) is 14.6. The van der Waals surface area contributed by atoms with Crippen LogP contribution in [0.2, 0.25) is 0 Å². The highest BCUT2D eigenvalue weighted by Gasteiger charge is 2.40. The minimum absolute atomic E-state index is 0.389. The third-order valence-electron chi connectivity index (χ3n) is 7.75. The van der Waals surface area contributed by atoms with Crippen LogP contribution in [-0.4, -0.2) is 79.3 Å². The predicted molar refractivity (Wildman–Crippen MR) is 160 cm³/mol. The second kappa shape index (κ2) is 15.0. The van der Waals surface area contributed by atoms with Gasteiger partial charge in [-0.05, 0) is 56.9 Å². The zero-order valence-electron chi connectivity index (χ0n) is 25.8. The molecule has 0 radical (unpaired) electrons. The van der Waals surface area contributed by atoms with Crippen molar-refractivity contribution in [2.45, 2.75) is 70.8 Å². The van der Waals surface area contributed by atoms with Crippen LogP contribution in [0.15, 0.2) is 47.0 Å². The number of hydrogen-bond donors (Lipinski definition) is 5. The molecule has 5 N–H and O–H groups in total. The minimum Gasteiger partial charge on any atom is -0.493 e. The van der Waals surface area contributed by atoms with Crippen LogP contribution in [0.3, 0.4) is 0 Å². The van der Waals surface area contributed by atoms with E-state index in [9.17, 15) is 19.5 Å². The van der Waals surface area contributed by atoms with Gasteiger partial charge >= 0.3 is 17.9 Å². The second-order valence-electron chi connectivity index (χ2n) is 11.2. The average molecular weight is 629 g/mol. The topological polar surface area (TPSA) is 200 Å². The van der Waals surface area contributed by atoms with Crippen molar-refractivity contribution in [3.8, 4) is 11.5 Å². The van der Waals surface area contributed by atoms with Gasteiger partial charge in [-0.25, -0.2) is 4.79 Å². The molecule has 1 aliphatic rings. The van der Waals surface area contributed by atoms with Crippen molar-refractivity contribution >= 4 is 17.9 Å². The number of carboxylic acid groups (broad SMARTS) is 3. The summed E-state index contributed by atoms with van der Waals surface area (Å²) in [5.74, 6) is -2.84. The number of aliphatic hydroxyl groups is 2. The molecule has 45 heavy (non-hydrogen) atoms. The summed E-state index contributed by atoms with van der Waals surface area (Å²) in [4.78, 5) is 32.9. The first-order valence-corrected chi connectivity index (χ1v) is 14.3. The summed E-state index contributed by atoms with van der Waals surface area (Å²) in [6.07, 6.45) is -0.832. The number of piperidine rings is 1. The van der Waals surface area contributed by atoms with E-state index in [1.54, 1.807) is 7.11 Å². The molecule has 2 heterocycles. The molecule has 13 nitrogen and oxygen atoms in total. The van der Waals surface area contributed by atoms with Crippen molar-refractivity contribution in [2.75, 3.05) is 20.2 Å². The van der Waals surface area contributed by atoms with Gasteiger partial charge in [0, 0.05) is 19.6 Å². The van der Waals surface area contributed by atoms with Crippen molar-refractivity contribution in [1.82, 2.24) is 10.1 Å². The minimum atomic E-state index is -2.74. The number of carbonyl (C=O) groups is 3. The van der Waals surface area contributed by atoms with E-state index in [1.165, 1.54) is 5.56 Å². The largest absolute Gasteiger partial charge is 0.493 e. The smallest absolute Gasteiger partial charge is 0.336 e. The van der Waals surface area contributed by atoms with Crippen LogP contribution in [0.5, 0.6) is 11.5 Å². The van der Waals surface area contributed by atoms with Gasteiger partial charge < -0.3 is 39.5 Å². The number of nitrogens with zero attached hydrogens (tertiary/aromatic N) is 2. The van der Waals surface area contributed by atoms with Gasteiger partial charge in [0.05, 0.1) is 36.8 Å². The summed E-state index contributed by atoms with van der Waals surface area (Å²) < 4.78 is 16.8. The molecule has 0 spiro atoms. The number of ether oxygens (including phenoxy) is 2. The summed E-state index contributed by atoms with van der Waals surface area (Å²) in [6, 6.07) is 14.3. The highest BCUT2D eigenvalue weighted by Crippen LogP contribution is 2.34. The third-order valence-corrected chi connectivity index (χ3v) is 7.75. The number of rotatable bonds is 12. The Labute approximate surface area is 260 Å². The van der Waals surface area contributed by atoms with E-state index in [2.05, 4.69) is 47.3 Å². The van der Waals surface area contributed by atoms with E-state index in [4.69, 9.17) is 34.4 Å². The lowest BCUT2D eigenvalue weighted by Gasteiger charge is -2.38. The molecule has 0 amide bonds. The highest BCUT2D eigenvalue weighted by atomic mass is 16.5. The Hall–Kier alpha value is -4.46. The molecule has 2 aromatic carbocycles. The lowest BCUT2D eigenvalue weighted by molar-refractivity contribution is -0.170. The Kier molecular flexibility index (Phi) is 11.7. The van der Waals surface area contributed by atoms with Crippen molar-refractivity contribution < 1.29 is 53.9 Å². The monoisotopic (exact) mass is 628 g/mol. The van der Waals surface area contributed by atoms with Crippen LogP contribution in [0.1, 0.15) is 59.4 Å². The van der Waals surface area contributed by atoms with Gasteiger partial charge in [-0.3, -0.25) is 14.5 Å². The number of hydrogen-bond acceptors (Lipinski definition) is 10. The van der Waals surface area contributed by atoms with E-state index in [0.717, 1.165) is 60.6 Å². The quantitative estimate of drug-likeness (QED) is 0.196. The summed E-state index contributed by atoms with van der Waals surface area (Å²) in [6.45, 7) is 8.75. The van der Waals surface area contributed by atoms with Gasteiger partial charge in [0.2, 0.25) is 0 Å². The number of aliphatic carboxylic acids is 3. The van der Waals surface area contributed by atoms with E-state index in [0.29, 0.717) is 18.1 Å². The molecule has 0 bridgehead atoms. The Morgan fingerprint density at radius 2 is 1.56 bits per heavy atom. The highest BCUT2D eigenvalue weighted by molar-refractivity contribution is 5.88. The summed E-state index contributed by atoms with van der Waals surface area (Å²) in [5, 5.41) is 48.9. The second-order valence-corrected chi connectivity index (χ2v) is 11.2. The number of aromatic nitrogens is 1. The summed E-state index contributed by atoms with van der Waals surface area (Å²) >= 11 is 0. The summed E-state index contributed by atoms with van der Waals surface area (Å²) in [7, 11) is 1.66. The lowest BCUT2D eigenvalue weighted by atomic mass is 9.84. The number of methoxy groups -OCH3 is 1. The zero-order chi connectivity index (χ0) is 33.4. The van der Waals surface area contributed by atoms with Crippen LogP contribution in [0, 0.1) is 20.8 Å². The molecule has 4 rings (SSSR count). The molecule has 1 aromatic heterocycles. The van der Waals surface area contributed by atoms with Gasteiger partial charge in [0.25, 0.3) is 0 Å². The first kappa shape index (κ1) is 35.0. The Bertz CT molecular complexity index is 1440. The van der Waals surface area contributed by atoms with Crippen LogP contribution in [0.4, 0.5) is 0 Å². The van der Waals surface area contributed by atoms with Gasteiger partial charge in [-0.1, -0.05) is 41.1 Å². The number of benzene rings is 2. The standard InChI is InChI=1S/C26H32N2O4.C6H8O7/c1-18-5-8-22(9-6-18)26(29)11-13-28(14-12-26)16-21-7-10-24(25(15-21)30-4)31-17-23-19(2)27-32-20(23)3;7-3(8)1-6(13,5(11)12)2-4(9)10/h5-10,15,29H,11-14,16-17H2,1-4H3;13H,1-2H2,(H,7,8)(H,9,10)(H,11,12). The van der Waals surface area contributed by atoms with Crippen LogP contribution in [0.25, 0.3) is 0 Å². The first-order valence-electron chi connectivity index (χ1n) is 14.3. The van der Waals surface area contributed by atoms with Crippen LogP contribution < -0.4 is 9.47 Å². The van der Waals surface area contributed by atoms with Gasteiger partial charge in [-0.15, -0.1) is 0 Å². The fourth-order valence-corrected chi connectivity index (χ4v) is 4.99. The molecule has 13 heteroatoms. The molecule has 244 valence electrons. The van der Waals surface area contributed by atoms with Crippen molar-refractivity contribution in [3.05, 3.63) is 76.2 Å². The first-order chi connectivity index (χ1) is 21.2. The Morgan fingerprint density at radius 1 is 0.956 bits per heavy atom. The van der Waals surface area contributed by atoms with E-state index in [1.807, 2.05) is 26.0 Å². The molecule has 0 unspecified atom stereocenters. The maximum Gasteiger partial charge on any atom is 0.336 e. The van der Waals surface area contributed by atoms with Crippen molar-refractivity contribution in [3.63, 3.8) is 0 Å². The fraction of sp³-hybridized carbons (Fsp3) is 0.438. The van der Waals surface area contributed by atoms with Gasteiger partial charge in [0.1, 0.15) is 12.4 Å². The number of likely N-dealkylation sites (tertiary alicyclic amines) is 1. The van der Waals surface area contributed by atoms with Crippen molar-refractivity contribution in [1.29, 1.82) is 0 Å². The van der Waals surface area contributed by atoms with Crippen molar-refractivity contribution in [2.24, 2.45) is 0 Å². The van der Waals surface area contributed by atoms with Crippen LogP contribution in [-0.2, 0) is 33.1 Å². The van der Waals surface area contributed by atoms with E-state index >= 15 is 0 Å². The Balaban J connectivity index is 0.000000360. The molecular formula is C32H40N2O11. The predicted octanol–water partition coefficient (Wildman–Crippen LogP) is 3.42. The molecule has 1 fully saturated rings. The van der Waals surface area contributed by atoms with Gasteiger partial charge in [0.15, 0.2) is 17.1 Å². The molecule has 0 aliphatic carbocycles. The maximum absolute atomic E-state index is 11.1. The lowest BCUT2D eigenvalue weighted by Crippen LogP contribution is -2.42. The third kappa shape index (κ3) is 9.51. The van der Waals surface area contributed by atoms with Gasteiger partial charge in [-0.2, -0.15) is 0 Å². The summed E-state index contributed by atoms with van der Waals surface area (Å²) in [5.41, 5.74) is 1.72. The fourth-order valence-electron chi connectivity index (χ4n) is 4.99. The number of aryl methyl sites for hydroxylation is 3. The van der Waals surface area contributed by atoms with Crippen LogP contribution >= 0.6 is 0 Å². The molecule has 1 aliphatic heterocycles. The average Bonchev–Trinajstić information content (AvgIpc) is 3.29. The van der Waals surface area contributed by atoms with E-state index in [-0.39, 0.29) is 0 Å². The number of carboxylic acids is 3. The zero-order valence-corrected chi connectivity index (χ0v) is 25.8. The molecular weight excluding hydrogens is 588 g/mol.